The summed E-state index contributed by atoms with van der Waals surface area (Å²) in [7, 11) is 0. The number of ether oxygens (including phenoxy) is 2. The SMILES string of the molecule is Cc1ccc(C(O)OC2CC3C4CCC(C(C)CCCC(C)C)C4(C)CCC3C3(C)CCC(OC(=O)C4=CCC(C)C=C4)CC23)cc1. The van der Waals surface area contributed by atoms with Crippen LogP contribution in [-0.2, 0) is 14.3 Å². The number of aryl methyl sites for hydroxylation is 1. The summed E-state index contributed by atoms with van der Waals surface area (Å²) in [6.45, 7) is 16.7. The molecule has 1 N–H and O–H groups in total. The Kier molecular flexibility index (Phi) is 10.5. The fourth-order valence-corrected chi connectivity index (χ4v) is 11.6. The van der Waals surface area contributed by atoms with Crippen molar-refractivity contribution in [2.24, 2.45) is 58.2 Å². The molecule has 1 aromatic carbocycles. The van der Waals surface area contributed by atoms with Crippen LogP contribution in [-0.4, -0.2) is 23.3 Å². The number of rotatable bonds is 10. The summed E-state index contributed by atoms with van der Waals surface area (Å²) in [5.41, 5.74) is 3.22. The maximum atomic E-state index is 13.2. The van der Waals surface area contributed by atoms with Gasteiger partial charge in [0.1, 0.15) is 6.10 Å². The van der Waals surface area contributed by atoms with Crippen molar-refractivity contribution in [2.45, 2.75) is 144 Å². The molecular formula is C43H64O4. The van der Waals surface area contributed by atoms with Crippen molar-refractivity contribution in [3.8, 4) is 0 Å². The van der Waals surface area contributed by atoms with E-state index in [2.05, 4.69) is 66.7 Å². The monoisotopic (exact) mass is 644 g/mol. The molecule has 0 aliphatic heterocycles. The molecule has 0 heterocycles. The Morgan fingerprint density at radius 2 is 1.66 bits per heavy atom. The molecule has 260 valence electrons. The number of benzene rings is 1. The Balaban J connectivity index is 1.23. The fourth-order valence-electron chi connectivity index (χ4n) is 11.6. The summed E-state index contributed by atoms with van der Waals surface area (Å²) < 4.78 is 13.0. The van der Waals surface area contributed by atoms with Crippen molar-refractivity contribution in [1.29, 1.82) is 0 Å². The minimum absolute atomic E-state index is 0.0569. The first-order valence-corrected chi connectivity index (χ1v) is 19.4. The number of aliphatic hydroxyl groups excluding tert-OH is 1. The quantitative estimate of drug-likeness (QED) is 0.203. The highest BCUT2D eigenvalue weighted by Crippen LogP contribution is 2.69. The smallest absolute Gasteiger partial charge is 0.338 e. The molecule has 4 nitrogen and oxygen atoms in total. The Morgan fingerprint density at radius 1 is 0.936 bits per heavy atom. The van der Waals surface area contributed by atoms with Crippen molar-refractivity contribution in [1.82, 2.24) is 0 Å². The summed E-state index contributed by atoms with van der Waals surface area (Å²) in [5, 5.41) is 11.5. The standard InChI is InChI=1S/C43H64O4/c1-27(2)9-8-10-30(5)35-19-20-36-34-26-39(47-41(45)32-17-13-29(4)14-18-32)38-25-33(46-40(44)31-15-11-28(3)12-16-31)21-23-43(38,7)37(34)22-24-42(35,36)6/h11,13-18,27-28,30,33-39,41,45H,8-10,12,19-26H2,1-7H3. The molecule has 6 rings (SSSR count). The van der Waals surface area contributed by atoms with Crippen LogP contribution >= 0.6 is 0 Å². The highest BCUT2D eigenvalue weighted by Gasteiger charge is 2.63. The Bertz CT molecular complexity index is 1300. The third-order valence-corrected chi connectivity index (χ3v) is 14.3. The lowest BCUT2D eigenvalue weighted by Gasteiger charge is -2.63. The first kappa shape index (κ1) is 34.9. The average molecular weight is 645 g/mol. The van der Waals surface area contributed by atoms with Crippen LogP contribution in [0.5, 0.6) is 0 Å². The molecule has 0 amide bonds. The van der Waals surface area contributed by atoms with E-state index in [4.69, 9.17) is 9.47 Å². The number of allylic oxidation sites excluding steroid dienone is 2. The lowest BCUT2D eigenvalue weighted by molar-refractivity contribution is -0.233. The molecule has 0 saturated heterocycles. The molecule has 0 aromatic heterocycles. The number of fused-ring (bicyclic) bond motifs is 5. The fraction of sp³-hybridized carbons (Fsp3) is 0.744. The van der Waals surface area contributed by atoms with Crippen molar-refractivity contribution >= 4 is 5.97 Å². The zero-order valence-electron chi connectivity index (χ0n) is 30.5. The maximum Gasteiger partial charge on any atom is 0.338 e. The molecule has 12 unspecified atom stereocenters. The van der Waals surface area contributed by atoms with E-state index in [1.807, 2.05) is 24.3 Å². The van der Waals surface area contributed by atoms with Crippen LogP contribution in [0.15, 0.2) is 48.1 Å². The van der Waals surface area contributed by atoms with Crippen LogP contribution < -0.4 is 0 Å². The average Bonchev–Trinajstić information content (AvgIpc) is 3.39. The zero-order valence-corrected chi connectivity index (χ0v) is 30.5. The van der Waals surface area contributed by atoms with E-state index in [1.165, 1.54) is 50.5 Å². The van der Waals surface area contributed by atoms with Crippen molar-refractivity contribution in [3.63, 3.8) is 0 Å². The summed E-state index contributed by atoms with van der Waals surface area (Å²) >= 11 is 0. The Hall–Kier alpha value is -1.91. The van der Waals surface area contributed by atoms with Crippen LogP contribution in [0.2, 0.25) is 0 Å². The Morgan fingerprint density at radius 3 is 2.36 bits per heavy atom. The van der Waals surface area contributed by atoms with Gasteiger partial charge in [0.2, 0.25) is 0 Å². The highest BCUT2D eigenvalue weighted by atomic mass is 16.6. The summed E-state index contributed by atoms with van der Waals surface area (Å²) in [5.74, 6) is 4.93. The second kappa shape index (κ2) is 14.1. The number of hydrogen-bond acceptors (Lipinski definition) is 4. The van der Waals surface area contributed by atoms with Gasteiger partial charge < -0.3 is 14.6 Å². The minimum atomic E-state index is -0.948. The third-order valence-electron chi connectivity index (χ3n) is 14.3. The van der Waals surface area contributed by atoms with E-state index in [0.717, 1.165) is 61.3 Å². The van der Waals surface area contributed by atoms with E-state index < -0.39 is 6.29 Å². The summed E-state index contributed by atoms with van der Waals surface area (Å²) in [6, 6.07) is 8.12. The molecule has 4 heteroatoms. The normalized spacial score (nSPS) is 39.4. The van der Waals surface area contributed by atoms with Crippen LogP contribution in [0.1, 0.15) is 136 Å². The minimum Gasteiger partial charge on any atom is -0.459 e. The van der Waals surface area contributed by atoms with Gasteiger partial charge in [-0.25, -0.2) is 4.79 Å². The number of aliphatic hydroxyl groups is 1. The molecule has 1 aromatic rings. The largest absolute Gasteiger partial charge is 0.459 e. The van der Waals surface area contributed by atoms with Crippen LogP contribution in [0.4, 0.5) is 0 Å². The van der Waals surface area contributed by atoms with Gasteiger partial charge in [0.25, 0.3) is 0 Å². The van der Waals surface area contributed by atoms with E-state index in [1.54, 1.807) is 0 Å². The molecule has 4 saturated carbocycles. The van der Waals surface area contributed by atoms with E-state index in [-0.39, 0.29) is 29.5 Å². The number of esters is 1. The lowest BCUT2D eigenvalue weighted by atomic mass is 9.43. The predicted molar refractivity (Wildman–Crippen MR) is 190 cm³/mol. The highest BCUT2D eigenvalue weighted by molar-refractivity contribution is 5.91. The number of carbonyl (C=O) groups excluding carboxylic acids is 1. The number of hydrogen-bond donors (Lipinski definition) is 1. The molecule has 5 aliphatic rings. The molecular weight excluding hydrogens is 580 g/mol. The van der Waals surface area contributed by atoms with Gasteiger partial charge in [-0.3, -0.25) is 0 Å². The molecule has 0 bridgehead atoms. The maximum absolute atomic E-state index is 13.2. The van der Waals surface area contributed by atoms with Gasteiger partial charge in [-0.15, -0.1) is 0 Å². The van der Waals surface area contributed by atoms with Gasteiger partial charge >= 0.3 is 5.97 Å². The van der Waals surface area contributed by atoms with Gasteiger partial charge in [0.05, 0.1) is 11.7 Å². The van der Waals surface area contributed by atoms with E-state index in [9.17, 15) is 9.90 Å². The topological polar surface area (TPSA) is 55.8 Å². The molecule has 4 fully saturated rings. The zero-order chi connectivity index (χ0) is 33.5. The Labute approximate surface area is 286 Å². The predicted octanol–water partition coefficient (Wildman–Crippen LogP) is 10.5. The van der Waals surface area contributed by atoms with Gasteiger partial charge in [-0.1, -0.05) is 109 Å². The molecule has 12 atom stereocenters. The van der Waals surface area contributed by atoms with Crippen LogP contribution in [0, 0.1) is 65.1 Å². The van der Waals surface area contributed by atoms with Crippen LogP contribution in [0.25, 0.3) is 0 Å². The van der Waals surface area contributed by atoms with Crippen LogP contribution in [0.3, 0.4) is 0 Å². The van der Waals surface area contributed by atoms with Gasteiger partial charge in [0.15, 0.2) is 6.29 Å². The van der Waals surface area contributed by atoms with E-state index in [0.29, 0.717) is 28.7 Å². The molecule has 0 radical (unpaired) electrons. The molecule has 0 spiro atoms. The van der Waals surface area contributed by atoms with Gasteiger partial charge in [-0.2, -0.15) is 0 Å². The van der Waals surface area contributed by atoms with E-state index >= 15 is 0 Å². The summed E-state index contributed by atoms with van der Waals surface area (Å²) in [4.78, 5) is 13.2. The third kappa shape index (κ3) is 7.07. The first-order chi connectivity index (χ1) is 22.4. The van der Waals surface area contributed by atoms with Crippen molar-refractivity contribution < 1.29 is 19.4 Å². The lowest BCUT2D eigenvalue weighted by Crippen LogP contribution is -2.59. The second-order valence-electron chi connectivity index (χ2n) is 17.7. The van der Waals surface area contributed by atoms with Crippen molar-refractivity contribution in [2.75, 3.05) is 0 Å². The molecule has 47 heavy (non-hydrogen) atoms. The first-order valence-electron chi connectivity index (χ1n) is 19.4. The number of carbonyl (C=O) groups is 1. The summed E-state index contributed by atoms with van der Waals surface area (Å²) in [6.07, 6.45) is 19.1. The van der Waals surface area contributed by atoms with Gasteiger partial charge in [-0.05, 0) is 123 Å². The van der Waals surface area contributed by atoms with Gasteiger partial charge in [0, 0.05) is 5.56 Å². The molecule has 5 aliphatic carbocycles. The second-order valence-corrected chi connectivity index (χ2v) is 17.7. The van der Waals surface area contributed by atoms with Crippen molar-refractivity contribution in [3.05, 3.63) is 59.2 Å².